The summed E-state index contributed by atoms with van der Waals surface area (Å²) in [5.74, 6) is 0.301. The molecule has 0 aliphatic carbocycles. The Kier molecular flexibility index (Phi) is 5.75. The SMILES string of the molecule is CC(C)(CNC(=O)CSc1nc2ccccc2c2nc3ccccc3n12)N1CCOCC1. The molecule has 0 saturated carbocycles. The lowest BCUT2D eigenvalue weighted by Crippen LogP contribution is -2.55. The van der Waals surface area contributed by atoms with E-state index in [0.717, 1.165) is 59.0 Å². The number of imidazole rings is 1. The van der Waals surface area contributed by atoms with E-state index in [9.17, 15) is 4.79 Å². The maximum atomic E-state index is 12.7. The van der Waals surface area contributed by atoms with Crippen LogP contribution in [0, 0.1) is 0 Å². The minimum absolute atomic E-state index is 0.00358. The Hall–Kier alpha value is -2.68. The lowest BCUT2D eigenvalue weighted by molar-refractivity contribution is -0.119. The van der Waals surface area contributed by atoms with Crippen LogP contribution in [0.2, 0.25) is 0 Å². The van der Waals surface area contributed by atoms with Crippen LogP contribution < -0.4 is 5.32 Å². The van der Waals surface area contributed by atoms with E-state index in [1.165, 1.54) is 11.8 Å². The van der Waals surface area contributed by atoms with Gasteiger partial charge in [-0.05, 0) is 38.1 Å². The molecule has 1 aliphatic rings. The molecule has 1 N–H and O–H groups in total. The molecule has 4 aromatic rings. The summed E-state index contributed by atoms with van der Waals surface area (Å²) < 4.78 is 7.51. The van der Waals surface area contributed by atoms with Crippen molar-refractivity contribution in [2.45, 2.75) is 24.5 Å². The van der Waals surface area contributed by atoms with Crippen molar-refractivity contribution < 1.29 is 9.53 Å². The van der Waals surface area contributed by atoms with Gasteiger partial charge in [0.2, 0.25) is 5.91 Å². The monoisotopic (exact) mass is 449 g/mol. The molecule has 166 valence electrons. The first kappa shape index (κ1) is 21.2. The van der Waals surface area contributed by atoms with Crippen molar-refractivity contribution in [1.82, 2.24) is 24.6 Å². The van der Waals surface area contributed by atoms with E-state index in [1.807, 2.05) is 48.5 Å². The van der Waals surface area contributed by atoms with Crippen LogP contribution in [0.1, 0.15) is 13.8 Å². The summed E-state index contributed by atoms with van der Waals surface area (Å²) in [5, 5.41) is 4.89. The van der Waals surface area contributed by atoms with E-state index in [-0.39, 0.29) is 11.4 Å². The number of ether oxygens (including phenoxy) is 1. The molecule has 2 aromatic heterocycles. The molecule has 0 atom stereocenters. The average Bonchev–Trinajstić information content (AvgIpc) is 3.22. The second-order valence-electron chi connectivity index (χ2n) is 8.65. The zero-order valence-electron chi connectivity index (χ0n) is 18.4. The highest BCUT2D eigenvalue weighted by atomic mass is 32.2. The number of hydrogen-bond donors (Lipinski definition) is 1. The number of carbonyl (C=O) groups excluding carboxylic acids is 1. The number of amides is 1. The van der Waals surface area contributed by atoms with Crippen LogP contribution in [0.4, 0.5) is 0 Å². The van der Waals surface area contributed by atoms with Crippen molar-refractivity contribution in [1.29, 1.82) is 0 Å². The van der Waals surface area contributed by atoms with Gasteiger partial charge in [-0.15, -0.1) is 0 Å². The van der Waals surface area contributed by atoms with Gasteiger partial charge < -0.3 is 10.1 Å². The average molecular weight is 450 g/mol. The first-order chi connectivity index (χ1) is 15.5. The highest BCUT2D eigenvalue weighted by molar-refractivity contribution is 7.99. The number of nitrogens with zero attached hydrogens (tertiary/aromatic N) is 4. The summed E-state index contributed by atoms with van der Waals surface area (Å²) in [5.41, 5.74) is 3.56. The number of carbonyl (C=O) groups is 1. The van der Waals surface area contributed by atoms with Crippen molar-refractivity contribution >= 4 is 45.3 Å². The second-order valence-corrected chi connectivity index (χ2v) is 9.59. The highest BCUT2D eigenvalue weighted by Crippen LogP contribution is 2.28. The fourth-order valence-electron chi connectivity index (χ4n) is 4.19. The van der Waals surface area contributed by atoms with Crippen LogP contribution in [-0.4, -0.2) is 69.3 Å². The smallest absolute Gasteiger partial charge is 0.230 e. The number of benzene rings is 2. The third-order valence-electron chi connectivity index (χ3n) is 6.03. The zero-order chi connectivity index (χ0) is 22.1. The van der Waals surface area contributed by atoms with Gasteiger partial charge in [0.1, 0.15) is 5.65 Å². The van der Waals surface area contributed by atoms with E-state index in [1.54, 1.807) is 0 Å². The molecule has 0 spiro atoms. The third-order valence-corrected chi connectivity index (χ3v) is 6.97. The van der Waals surface area contributed by atoms with Crippen LogP contribution in [0.5, 0.6) is 0 Å². The van der Waals surface area contributed by atoms with Gasteiger partial charge in [0.15, 0.2) is 5.16 Å². The summed E-state index contributed by atoms with van der Waals surface area (Å²) in [6, 6.07) is 16.0. The first-order valence-electron chi connectivity index (χ1n) is 10.9. The van der Waals surface area contributed by atoms with Crippen LogP contribution >= 0.6 is 11.8 Å². The van der Waals surface area contributed by atoms with Gasteiger partial charge in [-0.2, -0.15) is 0 Å². The van der Waals surface area contributed by atoms with Gasteiger partial charge in [0, 0.05) is 30.6 Å². The van der Waals surface area contributed by atoms with E-state index in [0.29, 0.717) is 12.3 Å². The molecule has 0 bridgehead atoms. The lowest BCUT2D eigenvalue weighted by Gasteiger charge is -2.40. The second kappa shape index (κ2) is 8.69. The quantitative estimate of drug-likeness (QED) is 0.360. The Morgan fingerprint density at radius 3 is 2.59 bits per heavy atom. The van der Waals surface area contributed by atoms with Crippen molar-refractivity contribution in [2.24, 2.45) is 0 Å². The number of morpholine rings is 1. The van der Waals surface area contributed by atoms with Crippen molar-refractivity contribution in [3.05, 3.63) is 48.5 Å². The molecule has 1 fully saturated rings. The number of aromatic nitrogens is 3. The largest absolute Gasteiger partial charge is 0.379 e. The Balaban J connectivity index is 1.36. The summed E-state index contributed by atoms with van der Waals surface area (Å²) in [4.78, 5) is 24.8. The van der Waals surface area contributed by atoms with Crippen molar-refractivity contribution in [2.75, 3.05) is 38.6 Å². The number of rotatable bonds is 6. The number of hydrogen-bond acceptors (Lipinski definition) is 6. The minimum Gasteiger partial charge on any atom is -0.379 e. The van der Waals surface area contributed by atoms with E-state index in [4.69, 9.17) is 14.7 Å². The minimum atomic E-state index is -0.112. The molecule has 1 amide bonds. The molecule has 5 rings (SSSR count). The van der Waals surface area contributed by atoms with Crippen LogP contribution in [-0.2, 0) is 9.53 Å². The van der Waals surface area contributed by atoms with Crippen LogP contribution in [0.25, 0.3) is 27.6 Å². The van der Waals surface area contributed by atoms with Gasteiger partial charge in [0.05, 0.1) is 35.5 Å². The number of nitrogens with one attached hydrogen (secondary N) is 1. The van der Waals surface area contributed by atoms with Gasteiger partial charge in [-0.25, -0.2) is 9.97 Å². The van der Waals surface area contributed by atoms with Gasteiger partial charge in [-0.1, -0.05) is 36.0 Å². The van der Waals surface area contributed by atoms with Crippen molar-refractivity contribution in [3.63, 3.8) is 0 Å². The fraction of sp³-hybridized carbons (Fsp3) is 0.375. The fourth-order valence-corrected chi connectivity index (χ4v) is 5.03. The van der Waals surface area contributed by atoms with Crippen LogP contribution in [0.3, 0.4) is 0 Å². The van der Waals surface area contributed by atoms with E-state index >= 15 is 0 Å². The predicted octanol–water partition coefficient (Wildman–Crippen LogP) is 3.35. The molecule has 32 heavy (non-hydrogen) atoms. The Bertz CT molecular complexity index is 1280. The summed E-state index contributed by atoms with van der Waals surface area (Å²) in [6.45, 7) is 8.20. The normalized spacial score (nSPS) is 15.6. The molecule has 7 nitrogen and oxygen atoms in total. The molecule has 2 aromatic carbocycles. The van der Waals surface area contributed by atoms with Crippen LogP contribution in [0.15, 0.2) is 53.7 Å². The maximum absolute atomic E-state index is 12.7. The van der Waals surface area contributed by atoms with Gasteiger partial charge >= 0.3 is 0 Å². The Morgan fingerprint density at radius 1 is 1.06 bits per heavy atom. The molecule has 0 unspecified atom stereocenters. The molecule has 0 radical (unpaired) electrons. The molecular formula is C24H27N5O2S. The number of fused-ring (bicyclic) bond motifs is 5. The standard InChI is InChI=1S/C24H27N5O2S/c1-24(2,28-11-13-31-14-12-28)16-25-21(30)15-32-23-27-18-8-4-3-7-17(18)22-26-19-9-5-6-10-20(19)29(22)23/h3-10H,11-16H2,1-2H3,(H,25,30). The number of para-hydroxylation sites is 3. The van der Waals surface area contributed by atoms with E-state index in [2.05, 4.69) is 28.5 Å². The zero-order valence-corrected chi connectivity index (χ0v) is 19.2. The summed E-state index contributed by atoms with van der Waals surface area (Å²) in [7, 11) is 0. The Labute approximate surface area is 191 Å². The molecule has 1 aliphatic heterocycles. The summed E-state index contributed by atoms with van der Waals surface area (Å²) >= 11 is 1.44. The molecule has 1 saturated heterocycles. The predicted molar refractivity (Wildman–Crippen MR) is 128 cm³/mol. The van der Waals surface area contributed by atoms with Gasteiger partial charge in [-0.3, -0.25) is 14.1 Å². The topological polar surface area (TPSA) is 71.8 Å². The highest BCUT2D eigenvalue weighted by Gasteiger charge is 2.28. The first-order valence-corrected chi connectivity index (χ1v) is 11.9. The maximum Gasteiger partial charge on any atom is 0.230 e. The lowest BCUT2D eigenvalue weighted by atomic mass is 10.0. The van der Waals surface area contributed by atoms with E-state index < -0.39 is 0 Å². The summed E-state index contributed by atoms with van der Waals surface area (Å²) in [6.07, 6.45) is 0. The van der Waals surface area contributed by atoms with Crippen molar-refractivity contribution in [3.8, 4) is 0 Å². The Morgan fingerprint density at radius 2 is 1.78 bits per heavy atom. The molecule has 8 heteroatoms. The third kappa shape index (κ3) is 4.05. The number of thioether (sulfide) groups is 1. The molecule has 3 heterocycles. The van der Waals surface area contributed by atoms with Gasteiger partial charge in [0.25, 0.3) is 0 Å². The molecular weight excluding hydrogens is 422 g/mol.